The predicted octanol–water partition coefficient (Wildman–Crippen LogP) is 3.38. The van der Waals surface area contributed by atoms with Crippen LogP contribution in [0.1, 0.15) is 18.2 Å². The van der Waals surface area contributed by atoms with Gasteiger partial charge in [-0.1, -0.05) is 35.3 Å². The minimum atomic E-state index is -0.569. The molecule has 1 aromatic carbocycles. The smallest absolute Gasteiger partial charge is 0.310 e. The average molecular weight is 410 g/mol. The lowest BCUT2D eigenvalue weighted by molar-refractivity contribution is -0.146. The Balaban J connectivity index is 1.83. The number of esters is 1. The molecule has 9 heteroatoms. The number of aryl methyl sites for hydroxylation is 1. The summed E-state index contributed by atoms with van der Waals surface area (Å²) in [4.78, 5) is 38.8. The Bertz CT molecular complexity index is 870. The summed E-state index contributed by atoms with van der Waals surface area (Å²) in [6.45, 7) is 2.61. The molecule has 2 amide bonds. The lowest BCUT2D eigenvalue weighted by Gasteiger charge is -2.09. The van der Waals surface area contributed by atoms with E-state index >= 15 is 0 Å². The fourth-order valence-electron chi connectivity index (χ4n) is 2.09. The number of anilines is 2. The fourth-order valence-corrected chi connectivity index (χ4v) is 2.49. The zero-order valence-electron chi connectivity index (χ0n) is 14.6. The molecule has 7 nitrogen and oxygen atoms in total. The van der Waals surface area contributed by atoms with Gasteiger partial charge in [0.2, 0.25) is 5.91 Å². The van der Waals surface area contributed by atoms with Crippen molar-refractivity contribution in [3.05, 3.63) is 51.6 Å². The second-order valence-electron chi connectivity index (χ2n) is 5.65. The maximum atomic E-state index is 11.9. The van der Waals surface area contributed by atoms with Gasteiger partial charge in [0.15, 0.2) is 12.4 Å². The monoisotopic (exact) mass is 409 g/mol. The third-order valence-electron chi connectivity index (χ3n) is 3.35. The number of ether oxygens (including phenoxy) is 1. The van der Waals surface area contributed by atoms with Gasteiger partial charge in [-0.2, -0.15) is 0 Å². The number of carbonyl (C=O) groups is 3. The van der Waals surface area contributed by atoms with Crippen LogP contribution in [-0.4, -0.2) is 29.4 Å². The summed E-state index contributed by atoms with van der Waals surface area (Å²) in [6, 6.07) is 8.19. The molecule has 0 aliphatic rings. The van der Waals surface area contributed by atoms with Crippen molar-refractivity contribution in [3.8, 4) is 0 Å². The third-order valence-corrected chi connectivity index (χ3v) is 4.02. The van der Waals surface area contributed by atoms with Gasteiger partial charge >= 0.3 is 5.97 Å². The van der Waals surface area contributed by atoms with Crippen molar-refractivity contribution in [1.82, 2.24) is 4.98 Å². The number of carbonyl (C=O) groups excluding carboxylic acids is 3. The van der Waals surface area contributed by atoms with E-state index in [1.54, 1.807) is 31.2 Å². The molecule has 0 saturated heterocycles. The molecule has 0 aliphatic heterocycles. The zero-order chi connectivity index (χ0) is 20.0. The topological polar surface area (TPSA) is 97.4 Å². The van der Waals surface area contributed by atoms with Crippen LogP contribution >= 0.6 is 23.2 Å². The highest BCUT2D eigenvalue weighted by Crippen LogP contribution is 2.25. The molecule has 1 heterocycles. The molecule has 0 unspecified atom stereocenters. The van der Waals surface area contributed by atoms with E-state index in [0.29, 0.717) is 22.0 Å². The molecule has 0 aliphatic carbocycles. The Hall–Kier alpha value is -2.64. The third kappa shape index (κ3) is 6.54. The molecule has 2 rings (SSSR count). The number of hydrogen-bond acceptors (Lipinski definition) is 5. The van der Waals surface area contributed by atoms with Gasteiger partial charge in [-0.3, -0.25) is 14.4 Å². The van der Waals surface area contributed by atoms with Crippen LogP contribution in [-0.2, 0) is 25.5 Å². The molecule has 2 N–H and O–H groups in total. The van der Waals surface area contributed by atoms with E-state index in [4.69, 9.17) is 27.9 Å². The highest BCUT2D eigenvalue weighted by atomic mass is 35.5. The van der Waals surface area contributed by atoms with Gasteiger partial charge in [-0.25, -0.2) is 4.98 Å². The van der Waals surface area contributed by atoms with Crippen LogP contribution in [0.25, 0.3) is 0 Å². The average Bonchev–Trinajstić information content (AvgIpc) is 2.59. The minimum absolute atomic E-state index is 0.00725. The summed E-state index contributed by atoms with van der Waals surface area (Å²) < 4.78 is 4.95. The van der Waals surface area contributed by atoms with Crippen molar-refractivity contribution in [1.29, 1.82) is 0 Å². The predicted molar refractivity (Wildman–Crippen MR) is 103 cm³/mol. The Kier molecular flexibility index (Phi) is 7.15. The number of aromatic nitrogens is 1. The van der Waals surface area contributed by atoms with E-state index in [9.17, 15) is 14.4 Å². The molecular weight excluding hydrogens is 393 g/mol. The van der Waals surface area contributed by atoms with Crippen LogP contribution in [0.3, 0.4) is 0 Å². The van der Waals surface area contributed by atoms with Crippen LogP contribution < -0.4 is 10.6 Å². The number of pyridine rings is 1. The Morgan fingerprint density at radius 1 is 1.07 bits per heavy atom. The maximum Gasteiger partial charge on any atom is 0.310 e. The van der Waals surface area contributed by atoms with E-state index in [-0.39, 0.29) is 23.2 Å². The van der Waals surface area contributed by atoms with Crippen LogP contribution in [0, 0.1) is 6.92 Å². The molecule has 142 valence electrons. The normalized spacial score (nSPS) is 10.2. The van der Waals surface area contributed by atoms with Crippen molar-refractivity contribution in [2.24, 2.45) is 0 Å². The second kappa shape index (κ2) is 9.34. The van der Waals surface area contributed by atoms with E-state index in [2.05, 4.69) is 15.6 Å². The number of halogens is 2. The van der Waals surface area contributed by atoms with E-state index in [1.807, 2.05) is 0 Å². The lowest BCUT2D eigenvalue weighted by atomic mass is 10.1. The molecule has 0 radical (unpaired) electrons. The summed E-state index contributed by atoms with van der Waals surface area (Å²) in [5.74, 6) is -1.17. The van der Waals surface area contributed by atoms with Crippen molar-refractivity contribution < 1.29 is 19.1 Å². The quantitative estimate of drug-likeness (QED) is 0.712. The molecular formula is C18H17Cl2N3O4. The van der Waals surface area contributed by atoms with Crippen molar-refractivity contribution >= 4 is 52.5 Å². The first kappa shape index (κ1) is 20.7. The van der Waals surface area contributed by atoms with Crippen LogP contribution in [0.2, 0.25) is 10.0 Å². The van der Waals surface area contributed by atoms with E-state index in [1.165, 1.54) is 13.0 Å². The van der Waals surface area contributed by atoms with Gasteiger partial charge in [0.25, 0.3) is 5.91 Å². The van der Waals surface area contributed by atoms with Crippen LogP contribution in [0.4, 0.5) is 11.5 Å². The Morgan fingerprint density at radius 2 is 1.74 bits per heavy atom. The Morgan fingerprint density at radius 3 is 2.37 bits per heavy atom. The van der Waals surface area contributed by atoms with Crippen LogP contribution in [0.15, 0.2) is 30.3 Å². The number of benzene rings is 1. The van der Waals surface area contributed by atoms with Crippen molar-refractivity contribution in [3.63, 3.8) is 0 Å². The maximum absolute atomic E-state index is 11.9. The number of hydrogen-bond donors (Lipinski definition) is 2. The van der Waals surface area contributed by atoms with Gasteiger partial charge < -0.3 is 15.4 Å². The van der Waals surface area contributed by atoms with Crippen molar-refractivity contribution in [2.75, 3.05) is 17.2 Å². The van der Waals surface area contributed by atoms with Gasteiger partial charge in [-0.05, 0) is 30.7 Å². The summed E-state index contributed by atoms with van der Waals surface area (Å²) in [5, 5.41) is 5.66. The Labute approximate surface area is 166 Å². The standard InChI is InChI=1S/C18H17Cl2N3O4/c1-10-14(19)8-15(20)18(21-10)23-16(25)9-27-17(26)7-12-3-5-13(6-4-12)22-11(2)24/h3-6,8H,7,9H2,1-2H3,(H,22,24)(H,21,23,25). The molecule has 0 atom stereocenters. The van der Waals surface area contributed by atoms with Gasteiger partial charge in [-0.15, -0.1) is 0 Å². The van der Waals surface area contributed by atoms with E-state index < -0.39 is 18.5 Å². The molecule has 0 bridgehead atoms. The highest BCUT2D eigenvalue weighted by molar-refractivity contribution is 6.36. The summed E-state index contributed by atoms with van der Waals surface area (Å²) in [5.41, 5.74) is 1.82. The summed E-state index contributed by atoms with van der Waals surface area (Å²) >= 11 is 11.9. The number of nitrogens with one attached hydrogen (secondary N) is 2. The molecule has 1 aromatic heterocycles. The SMILES string of the molecule is CC(=O)Nc1ccc(CC(=O)OCC(=O)Nc2nc(C)c(Cl)cc2Cl)cc1. The van der Waals surface area contributed by atoms with Crippen LogP contribution in [0.5, 0.6) is 0 Å². The minimum Gasteiger partial charge on any atom is -0.455 e. The first-order chi connectivity index (χ1) is 12.7. The highest BCUT2D eigenvalue weighted by Gasteiger charge is 2.13. The van der Waals surface area contributed by atoms with Gasteiger partial charge in [0, 0.05) is 12.6 Å². The number of amides is 2. The molecule has 27 heavy (non-hydrogen) atoms. The first-order valence-corrected chi connectivity index (χ1v) is 8.65. The fraction of sp³-hybridized carbons (Fsp3) is 0.222. The molecule has 0 fully saturated rings. The second-order valence-corrected chi connectivity index (χ2v) is 6.46. The van der Waals surface area contributed by atoms with Gasteiger partial charge in [0.1, 0.15) is 0 Å². The number of rotatable bonds is 6. The summed E-state index contributed by atoms with van der Waals surface area (Å²) in [7, 11) is 0. The van der Waals surface area contributed by atoms with Gasteiger partial charge in [0.05, 0.1) is 22.2 Å². The summed E-state index contributed by atoms with van der Waals surface area (Å²) in [6.07, 6.45) is -0.00725. The lowest BCUT2D eigenvalue weighted by Crippen LogP contribution is -2.22. The largest absolute Gasteiger partial charge is 0.455 e. The van der Waals surface area contributed by atoms with Crippen molar-refractivity contribution in [2.45, 2.75) is 20.3 Å². The van der Waals surface area contributed by atoms with E-state index in [0.717, 1.165) is 0 Å². The molecule has 0 saturated carbocycles. The molecule has 0 spiro atoms. The first-order valence-electron chi connectivity index (χ1n) is 7.89. The molecule has 2 aromatic rings. The zero-order valence-corrected chi connectivity index (χ0v) is 16.1. The number of nitrogens with zero attached hydrogens (tertiary/aromatic N) is 1.